The summed E-state index contributed by atoms with van der Waals surface area (Å²) in [6, 6.07) is 0. The van der Waals surface area contributed by atoms with Crippen molar-refractivity contribution in [3.05, 3.63) is 0 Å². The van der Waals surface area contributed by atoms with Gasteiger partial charge in [0.05, 0.1) is 5.75 Å². The van der Waals surface area contributed by atoms with Crippen molar-refractivity contribution in [2.24, 2.45) is 0 Å². The molecular weight excluding hydrogens is 248 g/mol. The smallest absolute Gasteiger partial charge is 0.264 e. The molecule has 102 valence electrons. The van der Waals surface area contributed by atoms with E-state index in [1.54, 1.807) is 0 Å². The predicted molar refractivity (Wildman–Crippen MR) is 62.6 cm³/mol. The molecule has 0 aromatic heterocycles. The van der Waals surface area contributed by atoms with Gasteiger partial charge in [0.2, 0.25) is 0 Å². The standard InChI is InChI=1S/C10H20O6S/c1-2-3-5-15-8-10(11)9-16-6-4-7-17(12,13)14/h2-9H2,1H3,(H,12,13,14). The van der Waals surface area contributed by atoms with E-state index in [1.165, 1.54) is 0 Å². The number of unbranched alkanes of at least 4 members (excludes halogenated alkanes) is 1. The highest BCUT2D eigenvalue weighted by molar-refractivity contribution is 7.85. The van der Waals surface area contributed by atoms with Crippen LogP contribution in [-0.4, -0.2) is 50.9 Å². The lowest BCUT2D eigenvalue weighted by molar-refractivity contribution is -0.128. The van der Waals surface area contributed by atoms with E-state index < -0.39 is 10.1 Å². The number of Topliss-reactive ketones (excluding diaryl/α,β-unsaturated/α-hetero) is 1. The van der Waals surface area contributed by atoms with Gasteiger partial charge in [-0.15, -0.1) is 0 Å². The van der Waals surface area contributed by atoms with Crippen LogP contribution in [-0.2, 0) is 24.4 Å². The van der Waals surface area contributed by atoms with Crippen LogP contribution in [0, 0.1) is 0 Å². The Kier molecular flexibility index (Phi) is 9.24. The highest BCUT2D eigenvalue weighted by atomic mass is 32.2. The number of ketones is 1. The zero-order valence-electron chi connectivity index (χ0n) is 10.1. The molecule has 6 nitrogen and oxygen atoms in total. The summed E-state index contributed by atoms with van der Waals surface area (Å²) in [5.41, 5.74) is 0. The average Bonchev–Trinajstić information content (AvgIpc) is 2.22. The Morgan fingerprint density at radius 1 is 1.12 bits per heavy atom. The van der Waals surface area contributed by atoms with Crippen LogP contribution in [0.25, 0.3) is 0 Å². The van der Waals surface area contributed by atoms with Gasteiger partial charge in [-0.1, -0.05) is 13.3 Å². The second-order valence-electron chi connectivity index (χ2n) is 3.64. The maximum atomic E-state index is 11.1. The van der Waals surface area contributed by atoms with Crippen molar-refractivity contribution in [2.45, 2.75) is 26.2 Å². The average molecular weight is 268 g/mol. The monoisotopic (exact) mass is 268 g/mol. The minimum Gasteiger partial charge on any atom is -0.374 e. The molecule has 0 saturated heterocycles. The summed E-state index contributed by atoms with van der Waals surface area (Å²) in [7, 11) is -3.93. The number of carbonyl (C=O) groups excluding carboxylic acids is 1. The van der Waals surface area contributed by atoms with Gasteiger partial charge in [-0.25, -0.2) is 0 Å². The molecule has 0 spiro atoms. The molecule has 0 aromatic rings. The van der Waals surface area contributed by atoms with Gasteiger partial charge >= 0.3 is 0 Å². The molecule has 0 aliphatic rings. The van der Waals surface area contributed by atoms with Crippen LogP contribution in [0.1, 0.15) is 26.2 Å². The molecule has 0 aliphatic carbocycles. The van der Waals surface area contributed by atoms with E-state index in [2.05, 4.69) is 0 Å². The number of hydrogen-bond acceptors (Lipinski definition) is 5. The van der Waals surface area contributed by atoms with Crippen LogP contribution in [0.3, 0.4) is 0 Å². The zero-order chi connectivity index (χ0) is 13.1. The molecule has 0 saturated carbocycles. The largest absolute Gasteiger partial charge is 0.374 e. The van der Waals surface area contributed by atoms with Crippen LogP contribution in [0.4, 0.5) is 0 Å². The first-order valence-corrected chi connectivity index (χ1v) is 7.19. The van der Waals surface area contributed by atoms with Crippen molar-refractivity contribution < 1.29 is 27.2 Å². The minimum absolute atomic E-state index is 0.0261. The molecule has 0 bridgehead atoms. The van der Waals surface area contributed by atoms with Gasteiger partial charge < -0.3 is 9.47 Å². The lowest BCUT2D eigenvalue weighted by Crippen LogP contribution is -2.17. The molecule has 0 aliphatic heterocycles. The SMILES string of the molecule is CCCCOCC(=O)COCCCS(=O)(=O)O. The minimum atomic E-state index is -3.93. The molecule has 0 atom stereocenters. The van der Waals surface area contributed by atoms with E-state index in [1.807, 2.05) is 6.92 Å². The molecule has 0 aromatic carbocycles. The third kappa shape index (κ3) is 13.4. The summed E-state index contributed by atoms with van der Waals surface area (Å²) >= 11 is 0. The molecule has 1 N–H and O–H groups in total. The van der Waals surface area contributed by atoms with Gasteiger partial charge in [0.25, 0.3) is 10.1 Å². The van der Waals surface area contributed by atoms with E-state index in [4.69, 9.17) is 14.0 Å². The maximum Gasteiger partial charge on any atom is 0.264 e. The Bertz CT molecular complexity index is 298. The van der Waals surface area contributed by atoms with Crippen LogP contribution >= 0.6 is 0 Å². The Hall–Kier alpha value is -0.500. The fourth-order valence-corrected chi connectivity index (χ4v) is 1.49. The molecule has 0 amide bonds. The number of ether oxygens (including phenoxy) is 2. The van der Waals surface area contributed by atoms with E-state index >= 15 is 0 Å². The topological polar surface area (TPSA) is 89.9 Å². The normalized spacial score (nSPS) is 11.6. The summed E-state index contributed by atoms with van der Waals surface area (Å²) in [5, 5.41) is 0. The highest BCUT2D eigenvalue weighted by Crippen LogP contribution is 1.91. The second-order valence-corrected chi connectivity index (χ2v) is 5.21. The Morgan fingerprint density at radius 3 is 2.12 bits per heavy atom. The number of hydrogen-bond donors (Lipinski definition) is 1. The Labute approximate surface area is 102 Å². The van der Waals surface area contributed by atoms with Gasteiger partial charge in [0.15, 0.2) is 5.78 Å². The lowest BCUT2D eigenvalue weighted by atomic mass is 10.3. The van der Waals surface area contributed by atoms with Crippen LogP contribution in [0.5, 0.6) is 0 Å². The molecule has 0 rings (SSSR count). The fraction of sp³-hybridized carbons (Fsp3) is 0.900. The van der Waals surface area contributed by atoms with Gasteiger partial charge in [0.1, 0.15) is 13.2 Å². The van der Waals surface area contributed by atoms with E-state index in [9.17, 15) is 13.2 Å². The molecule has 0 radical (unpaired) electrons. The van der Waals surface area contributed by atoms with Crippen molar-refractivity contribution in [1.82, 2.24) is 0 Å². The highest BCUT2D eigenvalue weighted by Gasteiger charge is 2.05. The quantitative estimate of drug-likeness (QED) is 0.437. The number of carbonyl (C=O) groups is 1. The van der Waals surface area contributed by atoms with E-state index in [-0.39, 0.29) is 37.8 Å². The summed E-state index contributed by atoms with van der Waals surface area (Å²) < 4.78 is 39.1. The summed E-state index contributed by atoms with van der Waals surface area (Å²) in [6.45, 7) is 2.66. The molecule has 0 unspecified atom stereocenters. The summed E-state index contributed by atoms with van der Waals surface area (Å²) in [6.07, 6.45) is 2.10. The van der Waals surface area contributed by atoms with Gasteiger partial charge in [-0.3, -0.25) is 9.35 Å². The maximum absolute atomic E-state index is 11.1. The third-order valence-corrected chi connectivity index (χ3v) is 2.66. The first kappa shape index (κ1) is 16.5. The first-order chi connectivity index (χ1) is 7.95. The van der Waals surface area contributed by atoms with Gasteiger partial charge in [0, 0.05) is 13.2 Å². The van der Waals surface area contributed by atoms with Crippen molar-refractivity contribution in [3.8, 4) is 0 Å². The summed E-state index contributed by atoms with van der Waals surface area (Å²) in [5.74, 6) is -0.526. The first-order valence-electron chi connectivity index (χ1n) is 5.58. The lowest BCUT2D eigenvalue weighted by Gasteiger charge is -2.04. The van der Waals surface area contributed by atoms with Gasteiger partial charge in [-0.05, 0) is 12.8 Å². The Morgan fingerprint density at radius 2 is 1.65 bits per heavy atom. The van der Waals surface area contributed by atoms with Crippen molar-refractivity contribution in [2.75, 3.05) is 32.2 Å². The third-order valence-electron chi connectivity index (χ3n) is 1.86. The van der Waals surface area contributed by atoms with Crippen LogP contribution < -0.4 is 0 Å². The molecule has 7 heteroatoms. The van der Waals surface area contributed by atoms with Crippen molar-refractivity contribution in [3.63, 3.8) is 0 Å². The molecule has 0 fully saturated rings. The molecule has 0 heterocycles. The van der Waals surface area contributed by atoms with E-state index in [0.29, 0.717) is 6.61 Å². The zero-order valence-corrected chi connectivity index (χ0v) is 10.9. The fourth-order valence-electron chi connectivity index (χ4n) is 1.00. The van der Waals surface area contributed by atoms with Crippen molar-refractivity contribution >= 4 is 15.9 Å². The van der Waals surface area contributed by atoms with E-state index in [0.717, 1.165) is 12.8 Å². The van der Waals surface area contributed by atoms with Crippen molar-refractivity contribution in [1.29, 1.82) is 0 Å². The molecular formula is C10H20O6S. The summed E-state index contributed by atoms with van der Waals surface area (Å²) in [4.78, 5) is 11.1. The Balaban J connectivity index is 3.33. The van der Waals surface area contributed by atoms with Gasteiger partial charge in [-0.2, -0.15) is 8.42 Å². The second kappa shape index (κ2) is 9.52. The van der Waals surface area contributed by atoms with Crippen LogP contribution in [0.2, 0.25) is 0 Å². The predicted octanol–water partition coefficient (Wildman–Crippen LogP) is 0.667. The number of rotatable bonds is 11. The van der Waals surface area contributed by atoms with Crippen LogP contribution in [0.15, 0.2) is 0 Å². The molecule has 17 heavy (non-hydrogen) atoms.